The maximum atomic E-state index is 12.0. The second kappa shape index (κ2) is 6.57. The zero-order valence-corrected chi connectivity index (χ0v) is 14.8. The van der Waals surface area contributed by atoms with E-state index < -0.39 is 4.92 Å². The lowest BCUT2D eigenvalue weighted by Crippen LogP contribution is -2.22. The summed E-state index contributed by atoms with van der Waals surface area (Å²) < 4.78 is 2.33. The number of imidazole rings is 1. The van der Waals surface area contributed by atoms with Gasteiger partial charge in [0.05, 0.1) is 6.54 Å². The Balaban J connectivity index is 1.70. The molecule has 124 valence electrons. The number of fused-ring (bicyclic) bond motifs is 1. The smallest absolute Gasteiger partial charge is 0.358 e. The molecule has 2 heterocycles. The number of nitrogens with zero attached hydrogens (tertiary/aromatic N) is 3. The molecule has 3 rings (SSSR count). The summed E-state index contributed by atoms with van der Waals surface area (Å²) in [6.07, 6.45) is 1.57. The van der Waals surface area contributed by atoms with Gasteiger partial charge in [-0.2, -0.15) is 9.38 Å². The van der Waals surface area contributed by atoms with E-state index in [1.165, 1.54) is 15.7 Å². The van der Waals surface area contributed by atoms with Gasteiger partial charge in [0, 0.05) is 15.5 Å². The van der Waals surface area contributed by atoms with Crippen LogP contribution in [-0.2, 0) is 4.79 Å². The second-order valence-electron chi connectivity index (χ2n) is 4.96. The van der Waals surface area contributed by atoms with Crippen molar-refractivity contribution in [1.82, 2.24) is 9.38 Å². The first-order valence-electron chi connectivity index (χ1n) is 6.85. The lowest BCUT2D eigenvalue weighted by molar-refractivity contribution is -0.389. The molecule has 1 aromatic carbocycles. The minimum Gasteiger partial charge on any atom is -0.358 e. The van der Waals surface area contributed by atoms with Crippen LogP contribution < -0.4 is 10.6 Å². The molecule has 10 heteroatoms. The van der Waals surface area contributed by atoms with Crippen molar-refractivity contribution in [3.63, 3.8) is 0 Å². The topological polar surface area (TPSA) is 102 Å². The van der Waals surface area contributed by atoms with Crippen LogP contribution in [0.2, 0.25) is 0 Å². The van der Waals surface area contributed by atoms with Crippen molar-refractivity contribution in [2.45, 2.75) is 6.92 Å². The molecule has 8 nitrogen and oxygen atoms in total. The van der Waals surface area contributed by atoms with Gasteiger partial charge in [0.25, 0.3) is 4.96 Å². The van der Waals surface area contributed by atoms with Gasteiger partial charge in [-0.1, -0.05) is 27.3 Å². The Labute approximate surface area is 148 Å². The minimum absolute atomic E-state index is 0.0778. The van der Waals surface area contributed by atoms with Crippen LogP contribution in [0.4, 0.5) is 17.3 Å². The summed E-state index contributed by atoms with van der Waals surface area (Å²) in [6, 6.07) is 5.44. The first-order chi connectivity index (χ1) is 11.5. The fraction of sp³-hybridized carbons (Fsp3) is 0.143. The van der Waals surface area contributed by atoms with Crippen LogP contribution in [0.1, 0.15) is 5.56 Å². The zero-order chi connectivity index (χ0) is 17.3. The lowest BCUT2D eigenvalue weighted by Gasteiger charge is -2.07. The Morgan fingerprint density at radius 1 is 1.50 bits per heavy atom. The third kappa shape index (κ3) is 3.24. The summed E-state index contributed by atoms with van der Waals surface area (Å²) in [7, 11) is 0. The highest BCUT2D eigenvalue weighted by Crippen LogP contribution is 2.27. The quantitative estimate of drug-likeness (QED) is 0.496. The Hall–Kier alpha value is -2.46. The number of hydrogen-bond acceptors (Lipinski definition) is 6. The summed E-state index contributed by atoms with van der Waals surface area (Å²) in [6.45, 7) is 1.79. The van der Waals surface area contributed by atoms with Gasteiger partial charge in [-0.3, -0.25) is 4.79 Å². The van der Waals surface area contributed by atoms with E-state index in [4.69, 9.17) is 0 Å². The molecule has 2 aromatic heterocycles. The van der Waals surface area contributed by atoms with Crippen LogP contribution in [0.25, 0.3) is 4.96 Å². The highest BCUT2D eigenvalue weighted by atomic mass is 79.9. The predicted molar refractivity (Wildman–Crippen MR) is 95.7 cm³/mol. The van der Waals surface area contributed by atoms with Crippen molar-refractivity contribution in [3.05, 3.63) is 49.9 Å². The van der Waals surface area contributed by atoms with Crippen LogP contribution in [0.15, 0.2) is 34.2 Å². The number of halogens is 1. The van der Waals surface area contributed by atoms with Crippen LogP contribution in [0.3, 0.4) is 0 Å². The van der Waals surface area contributed by atoms with Crippen molar-refractivity contribution in [1.29, 1.82) is 0 Å². The molecule has 0 radical (unpaired) electrons. The molecule has 0 aliphatic rings. The standard InChI is InChI=1S/C14H12BrN5O3S/c1-8-6-9(2-3-10(8)15)17-11(21)7-16-12-13(20(22)23)19-4-5-24-14(19)18-12/h2-6,16H,7H2,1H3,(H,17,21). The largest absolute Gasteiger partial charge is 0.372 e. The second-order valence-corrected chi connectivity index (χ2v) is 6.69. The van der Waals surface area contributed by atoms with Crippen molar-refractivity contribution in [3.8, 4) is 0 Å². The van der Waals surface area contributed by atoms with Crippen LogP contribution in [-0.4, -0.2) is 26.8 Å². The van der Waals surface area contributed by atoms with E-state index in [-0.39, 0.29) is 24.1 Å². The number of amides is 1. The number of aryl methyl sites for hydroxylation is 1. The Bertz CT molecular complexity index is 936. The van der Waals surface area contributed by atoms with Crippen molar-refractivity contribution >= 4 is 55.5 Å². The fourth-order valence-corrected chi connectivity index (χ4v) is 3.11. The number of anilines is 2. The van der Waals surface area contributed by atoms with Crippen LogP contribution in [0, 0.1) is 17.0 Å². The highest BCUT2D eigenvalue weighted by molar-refractivity contribution is 9.10. The molecule has 2 N–H and O–H groups in total. The van der Waals surface area contributed by atoms with E-state index in [9.17, 15) is 14.9 Å². The first-order valence-corrected chi connectivity index (χ1v) is 8.53. The van der Waals surface area contributed by atoms with E-state index in [1.54, 1.807) is 17.6 Å². The maximum absolute atomic E-state index is 12.0. The maximum Gasteiger partial charge on any atom is 0.372 e. The number of nitro groups is 1. The molecule has 0 saturated heterocycles. The predicted octanol–water partition coefficient (Wildman–Crippen LogP) is 3.43. The third-order valence-corrected chi connectivity index (χ3v) is 4.91. The van der Waals surface area contributed by atoms with Gasteiger partial charge >= 0.3 is 5.82 Å². The van der Waals surface area contributed by atoms with Crippen molar-refractivity contribution in [2.75, 3.05) is 17.2 Å². The number of carbonyl (C=O) groups excluding carboxylic acids is 1. The molecule has 0 aliphatic heterocycles. The average molecular weight is 410 g/mol. The van der Waals surface area contributed by atoms with Gasteiger partial charge in [-0.15, -0.1) is 0 Å². The van der Waals surface area contributed by atoms with E-state index >= 15 is 0 Å². The molecular weight excluding hydrogens is 398 g/mol. The third-order valence-electron chi connectivity index (χ3n) is 3.27. The van der Waals surface area contributed by atoms with Gasteiger partial charge in [-0.25, -0.2) is 0 Å². The Morgan fingerprint density at radius 2 is 2.29 bits per heavy atom. The summed E-state index contributed by atoms with van der Waals surface area (Å²) in [5, 5.41) is 18.4. The average Bonchev–Trinajstić information content (AvgIpc) is 3.08. The number of nitrogens with one attached hydrogen (secondary N) is 2. The number of benzene rings is 1. The first kappa shape index (κ1) is 16.4. The molecule has 3 aromatic rings. The summed E-state index contributed by atoms with van der Waals surface area (Å²) in [4.78, 5) is 27.3. The lowest BCUT2D eigenvalue weighted by atomic mass is 10.2. The fourth-order valence-electron chi connectivity index (χ4n) is 2.16. The summed E-state index contributed by atoms with van der Waals surface area (Å²) in [5.41, 5.74) is 1.65. The van der Waals surface area contributed by atoms with Crippen LogP contribution in [0.5, 0.6) is 0 Å². The molecule has 0 spiro atoms. The molecule has 0 bridgehead atoms. The molecule has 0 atom stereocenters. The molecular formula is C14H12BrN5O3S. The van der Waals surface area contributed by atoms with Crippen LogP contribution >= 0.6 is 27.3 Å². The molecule has 24 heavy (non-hydrogen) atoms. The van der Waals surface area contributed by atoms with Gasteiger partial charge < -0.3 is 20.7 Å². The SMILES string of the molecule is Cc1cc(NC(=O)CNc2nc3sccn3c2[N+](=O)[O-])ccc1Br. The van der Waals surface area contributed by atoms with Gasteiger partial charge in [0.2, 0.25) is 11.7 Å². The molecule has 0 aliphatic carbocycles. The highest BCUT2D eigenvalue weighted by Gasteiger charge is 2.23. The van der Waals surface area contributed by atoms with E-state index in [0.717, 1.165) is 10.0 Å². The Kier molecular flexibility index (Phi) is 4.49. The van der Waals surface area contributed by atoms with Crippen molar-refractivity contribution in [2.24, 2.45) is 0 Å². The molecule has 1 amide bonds. The van der Waals surface area contributed by atoms with Gasteiger partial charge in [-0.05, 0) is 35.6 Å². The van der Waals surface area contributed by atoms with E-state index in [0.29, 0.717) is 10.6 Å². The number of rotatable bonds is 5. The molecule has 0 unspecified atom stereocenters. The normalized spacial score (nSPS) is 10.8. The van der Waals surface area contributed by atoms with E-state index in [2.05, 4.69) is 31.5 Å². The monoisotopic (exact) mass is 409 g/mol. The number of thiazole rings is 1. The molecule has 0 saturated carbocycles. The molecule has 0 fully saturated rings. The zero-order valence-electron chi connectivity index (χ0n) is 12.4. The summed E-state index contributed by atoms with van der Waals surface area (Å²) in [5.74, 6) is -0.421. The number of hydrogen-bond donors (Lipinski definition) is 2. The van der Waals surface area contributed by atoms with Crippen molar-refractivity contribution < 1.29 is 9.72 Å². The number of aromatic nitrogens is 2. The van der Waals surface area contributed by atoms with Gasteiger partial charge in [0.1, 0.15) is 6.20 Å². The van der Waals surface area contributed by atoms with Gasteiger partial charge in [0.15, 0.2) is 0 Å². The van der Waals surface area contributed by atoms with E-state index in [1.807, 2.05) is 19.1 Å². The summed E-state index contributed by atoms with van der Waals surface area (Å²) >= 11 is 4.67. The minimum atomic E-state index is -0.523. The Morgan fingerprint density at radius 3 is 3.00 bits per heavy atom. The number of carbonyl (C=O) groups is 1.